The van der Waals surface area contributed by atoms with E-state index < -0.39 is 6.04 Å². The van der Waals surface area contributed by atoms with Gasteiger partial charge in [0.2, 0.25) is 0 Å². The minimum atomic E-state index is -0.425. The van der Waals surface area contributed by atoms with Gasteiger partial charge in [-0.05, 0) is 54.7 Å². The van der Waals surface area contributed by atoms with Crippen molar-refractivity contribution in [2.24, 2.45) is 0 Å². The van der Waals surface area contributed by atoms with Gasteiger partial charge in [0.15, 0.2) is 0 Å². The normalized spacial score (nSPS) is 11.6. The number of aromatic nitrogens is 1. The molecular weight excluding hydrogens is 376 g/mol. The first-order chi connectivity index (χ1) is 14.7. The summed E-state index contributed by atoms with van der Waals surface area (Å²) in [6, 6.07) is 21.9. The number of pyridine rings is 1. The molecule has 1 atom stereocenters. The van der Waals surface area contributed by atoms with Crippen molar-refractivity contribution in [3.05, 3.63) is 95.8 Å². The molecular formula is C25H28N2O3. The highest BCUT2D eigenvalue weighted by Crippen LogP contribution is 2.15. The molecule has 1 aromatic heterocycles. The van der Waals surface area contributed by atoms with Crippen LogP contribution < -0.4 is 10.1 Å². The standard InChI is InChI=1S/C25H28N2O3/c1-2-29-25(28)24(18-22-9-6-14-26-19-22)27-15-16-30-23-12-10-21(11-13-23)17-20-7-4-3-5-8-20/h3-14,19,24,27H,2,15-18H2,1H3. The van der Waals surface area contributed by atoms with E-state index in [9.17, 15) is 4.79 Å². The van der Waals surface area contributed by atoms with Crippen LogP contribution in [0.25, 0.3) is 0 Å². The lowest BCUT2D eigenvalue weighted by atomic mass is 10.1. The molecule has 0 radical (unpaired) electrons. The highest BCUT2D eigenvalue weighted by molar-refractivity contribution is 5.76. The lowest BCUT2D eigenvalue weighted by molar-refractivity contribution is -0.145. The number of nitrogens with one attached hydrogen (secondary N) is 1. The van der Waals surface area contributed by atoms with Crippen molar-refractivity contribution in [3.63, 3.8) is 0 Å². The number of carbonyl (C=O) groups excluding carboxylic acids is 1. The molecule has 0 fully saturated rings. The Morgan fingerprint density at radius 1 is 0.967 bits per heavy atom. The van der Waals surface area contributed by atoms with Gasteiger partial charge in [0.1, 0.15) is 18.4 Å². The van der Waals surface area contributed by atoms with Crippen LogP contribution in [0.15, 0.2) is 79.1 Å². The van der Waals surface area contributed by atoms with Gasteiger partial charge >= 0.3 is 5.97 Å². The smallest absolute Gasteiger partial charge is 0.323 e. The zero-order chi connectivity index (χ0) is 21.0. The summed E-state index contributed by atoms with van der Waals surface area (Å²) in [6.07, 6.45) is 4.91. The summed E-state index contributed by atoms with van der Waals surface area (Å²) in [5, 5.41) is 3.24. The third-order valence-electron chi connectivity index (χ3n) is 4.67. The Balaban J connectivity index is 1.46. The molecule has 1 unspecified atom stereocenters. The summed E-state index contributed by atoms with van der Waals surface area (Å²) in [4.78, 5) is 16.4. The van der Waals surface area contributed by atoms with Crippen LogP contribution in [0.3, 0.4) is 0 Å². The van der Waals surface area contributed by atoms with E-state index in [0.717, 1.165) is 17.7 Å². The van der Waals surface area contributed by atoms with E-state index in [0.29, 0.717) is 26.2 Å². The van der Waals surface area contributed by atoms with E-state index in [1.807, 2.05) is 37.3 Å². The van der Waals surface area contributed by atoms with Crippen LogP contribution in [0.2, 0.25) is 0 Å². The maximum absolute atomic E-state index is 12.3. The van der Waals surface area contributed by atoms with E-state index in [1.165, 1.54) is 11.1 Å². The van der Waals surface area contributed by atoms with E-state index in [4.69, 9.17) is 9.47 Å². The number of nitrogens with zero attached hydrogens (tertiary/aromatic N) is 1. The molecule has 30 heavy (non-hydrogen) atoms. The average molecular weight is 405 g/mol. The lowest BCUT2D eigenvalue weighted by Crippen LogP contribution is -2.41. The zero-order valence-electron chi connectivity index (χ0n) is 17.3. The quantitative estimate of drug-likeness (QED) is 0.389. The number of rotatable bonds is 11. The van der Waals surface area contributed by atoms with E-state index in [1.54, 1.807) is 12.4 Å². The molecule has 0 saturated heterocycles. The minimum absolute atomic E-state index is 0.258. The molecule has 156 valence electrons. The molecule has 0 amide bonds. The predicted molar refractivity (Wildman–Crippen MR) is 118 cm³/mol. The van der Waals surface area contributed by atoms with Gasteiger partial charge in [-0.15, -0.1) is 0 Å². The minimum Gasteiger partial charge on any atom is -0.492 e. The Morgan fingerprint density at radius 2 is 1.70 bits per heavy atom. The Hall–Kier alpha value is -3.18. The first-order valence-corrected chi connectivity index (χ1v) is 10.3. The molecule has 0 spiro atoms. The fourth-order valence-corrected chi connectivity index (χ4v) is 3.17. The molecule has 0 aliphatic rings. The Labute approximate surface area is 178 Å². The van der Waals surface area contributed by atoms with Gasteiger partial charge in [0, 0.05) is 18.9 Å². The maximum atomic E-state index is 12.3. The van der Waals surface area contributed by atoms with Crippen LogP contribution in [0.5, 0.6) is 5.75 Å². The van der Waals surface area contributed by atoms with E-state index >= 15 is 0 Å². The molecule has 0 aliphatic heterocycles. The van der Waals surface area contributed by atoms with Crippen molar-refractivity contribution < 1.29 is 14.3 Å². The molecule has 1 heterocycles. The summed E-state index contributed by atoms with van der Waals surface area (Å²) in [7, 11) is 0. The van der Waals surface area contributed by atoms with Crippen LogP contribution in [-0.2, 0) is 22.4 Å². The molecule has 2 aromatic carbocycles. The molecule has 5 heteroatoms. The maximum Gasteiger partial charge on any atom is 0.323 e. The second-order valence-electron chi connectivity index (χ2n) is 6.98. The van der Waals surface area contributed by atoms with Gasteiger partial charge in [0.05, 0.1) is 6.61 Å². The Bertz CT molecular complexity index is 883. The largest absolute Gasteiger partial charge is 0.492 e. The van der Waals surface area contributed by atoms with Gasteiger partial charge in [-0.2, -0.15) is 0 Å². The van der Waals surface area contributed by atoms with Crippen LogP contribution >= 0.6 is 0 Å². The third kappa shape index (κ3) is 7.01. The average Bonchev–Trinajstić information content (AvgIpc) is 2.78. The number of ether oxygens (including phenoxy) is 2. The van der Waals surface area contributed by atoms with Crippen LogP contribution in [-0.4, -0.2) is 36.8 Å². The zero-order valence-corrected chi connectivity index (χ0v) is 17.3. The van der Waals surface area contributed by atoms with Crippen molar-refractivity contribution in [2.75, 3.05) is 19.8 Å². The molecule has 1 N–H and O–H groups in total. The number of hydrogen-bond donors (Lipinski definition) is 1. The van der Waals surface area contributed by atoms with E-state index in [-0.39, 0.29) is 5.97 Å². The summed E-state index contributed by atoms with van der Waals surface area (Å²) in [5.74, 6) is 0.556. The van der Waals surface area contributed by atoms with E-state index in [2.05, 4.69) is 46.7 Å². The Morgan fingerprint density at radius 3 is 2.40 bits per heavy atom. The molecule has 0 aliphatic carbocycles. The highest BCUT2D eigenvalue weighted by Gasteiger charge is 2.19. The molecule has 0 saturated carbocycles. The van der Waals surface area contributed by atoms with Gasteiger partial charge in [-0.25, -0.2) is 0 Å². The number of benzene rings is 2. The third-order valence-corrected chi connectivity index (χ3v) is 4.67. The van der Waals surface area contributed by atoms with Gasteiger partial charge < -0.3 is 14.8 Å². The van der Waals surface area contributed by atoms with Crippen LogP contribution in [0, 0.1) is 0 Å². The lowest BCUT2D eigenvalue weighted by Gasteiger charge is -2.17. The molecule has 0 bridgehead atoms. The monoisotopic (exact) mass is 404 g/mol. The predicted octanol–water partition coefficient (Wildman–Crippen LogP) is 3.82. The first-order valence-electron chi connectivity index (χ1n) is 10.3. The molecule has 5 nitrogen and oxygen atoms in total. The second kappa shape index (κ2) is 11.7. The van der Waals surface area contributed by atoms with Crippen molar-refractivity contribution in [1.82, 2.24) is 10.3 Å². The topological polar surface area (TPSA) is 60.5 Å². The highest BCUT2D eigenvalue weighted by atomic mass is 16.5. The Kier molecular flexibility index (Phi) is 8.42. The van der Waals surface area contributed by atoms with Crippen LogP contribution in [0.4, 0.5) is 0 Å². The summed E-state index contributed by atoms with van der Waals surface area (Å²) < 4.78 is 11.0. The molecule has 3 rings (SSSR count). The summed E-state index contributed by atoms with van der Waals surface area (Å²) in [6.45, 7) is 3.16. The fraction of sp³-hybridized carbons (Fsp3) is 0.280. The van der Waals surface area contributed by atoms with Gasteiger partial charge in [-0.1, -0.05) is 48.5 Å². The van der Waals surface area contributed by atoms with Crippen molar-refractivity contribution in [1.29, 1.82) is 0 Å². The second-order valence-corrected chi connectivity index (χ2v) is 6.98. The fourth-order valence-electron chi connectivity index (χ4n) is 3.17. The van der Waals surface area contributed by atoms with Crippen molar-refractivity contribution in [2.45, 2.75) is 25.8 Å². The number of esters is 1. The molecule has 3 aromatic rings. The SMILES string of the molecule is CCOC(=O)C(Cc1cccnc1)NCCOc1ccc(Cc2ccccc2)cc1. The van der Waals surface area contributed by atoms with Crippen LogP contribution in [0.1, 0.15) is 23.6 Å². The number of hydrogen-bond acceptors (Lipinski definition) is 5. The first kappa shape index (κ1) is 21.5. The summed E-state index contributed by atoms with van der Waals surface area (Å²) in [5.41, 5.74) is 3.51. The summed E-state index contributed by atoms with van der Waals surface area (Å²) >= 11 is 0. The van der Waals surface area contributed by atoms with Crippen molar-refractivity contribution >= 4 is 5.97 Å². The van der Waals surface area contributed by atoms with Crippen molar-refractivity contribution in [3.8, 4) is 5.75 Å². The van der Waals surface area contributed by atoms with Gasteiger partial charge in [0.25, 0.3) is 0 Å². The number of carbonyl (C=O) groups is 1. The van der Waals surface area contributed by atoms with Gasteiger partial charge in [-0.3, -0.25) is 9.78 Å².